The fourth-order valence-electron chi connectivity index (χ4n) is 2.54. The van der Waals surface area contributed by atoms with E-state index in [9.17, 15) is 9.90 Å². The molecule has 2 rings (SSSR count). The number of phenolic OH excluding ortho intramolecular Hbond substituents is 1. The minimum absolute atomic E-state index is 0.0573. The van der Waals surface area contributed by atoms with Crippen molar-refractivity contribution in [3.63, 3.8) is 0 Å². The molecule has 1 aromatic carbocycles. The molecular formula is C16H22O3. The maximum absolute atomic E-state index is 12.1. The molecule has 0 spiro atoms. The summed E-state index contributed by atoms with van der Waals surface area (Å²) in [6, 6.07) is 4.85. The van der Waals surface area contributed by atoms with Crippen LogP contribution >= 0.6 is 0 Å². The van der Waals surface area contributed by atoms with Crippen LogP contribution in [-0.2, 0) is 4.74 Å². The van der Waals surface area contributed by atoms with Crippen molar-refractivity contribution < 1.29 is 14.6 Å². The molecule has 0 saturated heterocycles. The smallest absolute Gasteiger partial charge is 0.338 e. The zero-order chi connectivity index (χ0) is 13.7. The standard InChI is InChI=1S/C16H22O3/c1-12-11-13(9-10-15(12)17)16(18)19-14-7-5-3-2-4-6-8-14/h9-11,14,17H,2-8H2,1H3. The van der Waals surface area contributed by atoms with Crippen LogP contribution in [0.3, 0.4) is 0 Å². The highest BCUT2D eigenvalue weighted by molar-refractivity contribution is 5.90. The summed E-state index contributed by atoms with van der Waals surface area (Å²) >= 11 is 0. The molecule has 3 heteroatoms. The number of aromatic hydroxyl groups is 1. The first-order valence-electron chi connectivity index (χ1n) is 7.17. The van der Waals surface area contributed by atoms with E-state index >= 15 is 0 Å². The first-order chi connectivity index (χ1) is 9.16. The van der Waals surface area contributed by atoms with Crippen LogP contribution in [0, 0.1) is 6.92 Å². The average molecular weight is 262 g/mol. The normalized spacial score (nSPS) is 17.5. The molecule has 0 bridgehead atoms. The Morgan fingerprint density at radius 1 is 1.16 bits per heavy atom. The number of hydrogen-bond acceptors (Lipinski definition) is 3. The van der Waals surface area contributed by atoms with Gasteiger partial charge in [-0.05, 0) is 56.4 Å². The second-order valence-electron chi connectivity index (χ2n) is 5.37. The highest BCUT2D eigenvalue weighted by atomic mass is 16.5. The summed E-state index contributed by atoms with van der Waals surface area (Å²) in [5, 5.41) is 9.46. The number of hydrogen-bond donors (Lipinski definition) is 1. The molecule has 1 N–H and O–H groups in total. The molecule has 3 nitrogen and oxygen atoms in total. The van der Waals surface area contributed by atoms with E-state index in [0.29, 0.717) is 11.1 Å². The molecule has 0 amide bonds. The lowest BCUT2D eigenvalue weighted by Crippen LogP contribution is -2.19. The minimum atomic E-state index is -0.270. The van der Waals surface area contributed by atoms with Gasteiger partial charge in [0.1, 0.15) is 11.9 Å². The fraction of sp³-hybridized carbons (Fsp3) is 0.562. The van der Waals surface area contributed by atoms with Crippen molar-refractivity contribution >= 4 is 5.97 Å². The van der Waals surface area contributed by atoms with Crippen LogP contribution in [0.1, 0.15) is 60.9 Å². The van der Waals surface area contributed by atoms with Gasteiger partial charge in [0.2, 0.25) is 0 Å². The van der Waals surface area contributed by atoms with E-state index in [1.807, 2.05) is 0 Å². The third-order valence-corrected chi connectivity index (χ3v) is 3.76. The Morgan fingerprint density at radius 3 is 2.42 bits per heavy atom. The molecule has 1 aromatic rings. The van der Waals surface area contributed by atoms with Crippen molar-refractivity contribution in [2.24, 2.45) is 0 Å². The maximum atomic E-state index is 12.1. The predicted octanol–water partition coefficient (Wildman–Crippen LogP) is 3.97. The van der Waals surface area contributed by atoms with E-state index in [0.717, 1.165) is 25.7 Å². The summed E-state index contributed by atoms with van der Waals surface area (Å²) in [6.45, 7) is 1.78. The van der Waals surface area contributed by atoms with Crippen LogP contribution in [0.5, 0.6) is 5.75 Å². The van der Waals surface area contributed by atoms with E-state index in [-0.39, 0.29) is 17.8 Å². The maximum Gasteiger partial charge on any atom is 0.338 e. The largest absolute Gasteiger partial charge is 0.508 e. The van der Waals surface area contributed by atoms with Crippen LogP contribution in [0.4, 0.5) is 0 Å². The lowest BCUT2D eigenvalue weighted by molar-refractivity contribution is 0.0239. The summed E-state index contributed by atoms with van der Waals surface area (Å²) in [5.74, 6) is -0.0591. The van der Waals surface area contributed by atoms with E-state index in [4.69, 9.17) is 4.74 Å². The Bertz CT molecular complexity index is 432. The van der Waals surface area contributed by atoms with Gasteiger partial charge < -0.3 is 9.84 Å². The van der Waals surface area contributed by atoms with Crippen molar-refractivity contribution in [3.8, 4) is 5.75 Å². The Morgan fingerprint density at radius 2 is 1.79 bits per heavy atom. The number of rotatable bonds is 2. The summed E-state index contributed by atoms with van der Waals surface area (Å²) < 4.78 is 5.59. The van der Waals surface area contributed by atoms with Crippen LogP contribution in [0.25, 0.3) is 0 Å². The fourth-order valence-corrected chi connectivity index (χ4v) is 2.54. The quantitative estimate of drug-likeness (QED) is 0.820. The van der Waals surface area contributed by atoms with E-state index in [2.05, 4.69) is 0 Å². The third kappa shape index (κ3) is 3.98. The zero-order valence-corrected chi connectivity index (χ0v) is 11.5. The number of benzene rings is 1. The number of aryl methyl sites for hydroxylation is 1. The lowest BCUT2D eigenvalue weighted by atomic mass is 9.98. The lowest BCUT2D eigenvalue weighted by Gasteiger charge is -2.20. The Kier molecular flexibility index (Phi) is 4.83. The van der Waals surface area contributed by atoms with Gasteiger partial charge in [0.05, 0.1) is 5.56 Å². The van der Waals surface area contributed by atoms with Crippen molar-refractivity contribution in [2.45, 2.75) is 58.0 Å². The van der Waals surface area contributed by atoms with Crippen LogP contribution in [-0.4, -0.2) is 17.2 Å². The molecule has 0 atom stereocenters. The monoisotopic (exact) mass is 262 g/mol. The Labute approximate surface area is 114 Å². The van der Waals surface area contributed by atoms with Crippen LogP contribution < -0.4 is 0 Å². The molecule has 0 aromatic heterocycles. The first kappa shape index (κ1) is 13.9. The molecule has 1 saturated carbocycles. The first-order valence-corrected chi connectivity index (χ1v) is 7.17. The number of ether oxygens (including phenoxy) is 1. The van der Waals surface area contributed by atoms with Crippen LogP contribution in [0.2, 0.25) is 0 Å². The van der Waals surface area contributed by atoms with Crippen molar-refractivity contribution in [1.29, 1.82) is 0 Å². The van der Waals surface area contributed by atoms with Gasteiger partial charge in [-0.15, -0.1) is 0 Å². The molecular weight excluding hydrogens is 240 g/mol. The molecule has 1 aliphatic carbocycles. The van der Waals surface area contributed by atoms with Crippen molar-refractivity contribution in [1.82, 2.24) is 0 Å². The van der Waals surface area contributed by atoms with Crippen LogP contribution in [0.15, 0.2) is 18.2 Å². The van der Waals surface area contributed by atoms with Gasteiger partial charge in [-0.3, -0.25) is 0 Å². The molecule has 0 radical (unpaired) electrons. The second kappa shape index (κ2) is 6.60. The number of esters is 1. The Hall–Kier alpha value is -1.51. The summed E-state index contributed by atoms with van der Waals surface area (Å²) in [6.07, 6.45) is 8.09. The molecule has 104 valence electrons. The topological polar surface area (TPSA) is 46.5 Å². The van der Waals surface area contributed by atoms with Crippen molar-refractivity contribution in [2.75, 3.05) is 0 Å². The van der Waals surface area contributed by atoms with Gasteiger partial charge in [0.15, 0.2) is 0 Å². The van der Waals surface area contributed by atoms with E-state index < -0.39 is 0 Å². The van der Waals surface area contributed by atoms with Gasteiger partial charge >= 0.3 is 5.97 Å². The molecule has 1 aliphatic rings. The number of carbonyl (C=O) groups is 1. The van der Waals surface area contributed by atoms with Gasteiger partial charge in [-0.1, -0.05) is 19.3 Å². The van der Waals surface area contributed by atoms with Gasteiger partial charge in [0.25, 0.3) is 0 Å². The highest BCUT2D eigenvalue weighted by Gasteiger charge is 2.17. The van der Waals surface area contributed by atoms with Crippen molar-refractivity contribution in [3.05, 3.63) is 29.3 Å². The van der Waals surface area contributed by atoms with Gasteiger partial charge in [-0.2, -0.15) is 0 Å². The SMILES string of the molecule is Cc1cc(C(=O)OC2CCCCCCC2)ccc1O. The average Bonchev–Trinajstić information content (AvgIpc) is 2.35. The molecule has 0 heterocycles. The summed E-state index contributed by atoms with van der Waals surface area (Å²) in [5.41, 5.74) is 1.23. The molecule has 0 unspecified atom stereocenters. The van der Waals surface area contributed by atoms with Gasteiger partial charge in [0, 0.05) is 0 Å². The highest BCUT2D eigenvalue weighted by Crippen LogP contribution is 2.22. The predicted molar refractivity (Wildman–Crippen MR) is 74.4 cm³/mol. The molecule has 19 heavy (non-hydrogen) atoms. The Balaban J connectivity index is 1.96. The minimum Gasteiger partial charge on any atom is -0.508 e. The summed E-state index contributed by atoms with van der Waals surface area (Å²) in [4.78, 5) is 12.1. The number of carbonyl (C=O) groups excluding carboxylic acids is 1. The molecule has 1 fully saturated rings. The number of phenols is 1. The zero-order valence-electron chi connectivity index (χ0n) is 11.5. The van der Waals surface area contributed by atoms with E-state index in [1.165, 1.54) is 19.3 Å². The van der Waals surface area contributed by atoms with Gasteiger partial charge in [-0.25, -0.2) is 4.79 Å². The summed E-state index contributed by atoms with van der Waals surface area (Å²) in [7, 11) is 0. The second-order valence-corrected chi connectivity index (χ2v) is 5.37. The third-order valence-electron chi connectivity index (χ3n) is 3.76. The van der Waals surface area contributed by atoms with E-state index in [1.54, 1.807) is 25.1 Å². The molecule has 0 aliphatic heterocycles.